The Morgan fingerprint density at radius 3 is 2.59 bits per heavy atom. The molecule has 0 heterocycles. The minimum Gasteiger partial charge on any atom is -0.479 e. The number of carboxylic acids is 1. The summed E-state index contributed by atoms with van der Waals surface area (Å²) in [6.07, 6.45) is -2.09. The summed E-state index contributed by atoms with van der Waals surface area (Å²) in [6, 6.07) is 4.19. The van der Waals surface area contributed by atoms with E-state index in [2.05, 4.69) is 0 Å². The van der Waals surface area contributed by atoms with E-state index in [0.29, 0.717) is 0 Å². The number of benzene rings is 1. The lowest BCUT2D eigenvalue weighted by atomic mass is 9.97. The molecule has 0 radical (unpaired) electrons. The Hall–Kier alpha value is -2.46. The molecule has 1 rings (SSSR count). The van der Waals surface area contributed by atoms with E-state index >= 15 is 0 Å². The normalized spacial score (nSPS) is 11.6. The van der Waals surface area contributed by atoms with Crippen molar-refractivity contribution in [1.29, 1.82) is 5.26 Å². The quantitative estimate of drug-likeness (QED) is 0.593. The molecule has 7 heteroatoms. The minimum absolute atomic E-state index is 0.185. The highest BCUT2D eigenvalue weighted by Crippen LogP contribution is 2.31. The van der Waals surface area contributed by atoms with Crippen LogP contribution < -0.4 is 0 Å². The van der Waals surface area contributed by atoms with Crippen LogP contribution in [0.3, 0.4) is 0 Å². The van der Waals surface area contributed by atoms with Gasteiger partial charge in [0.15, 0.2) is 6.10 Å². The number of nitrogens with zero attached hydrogens (tertiary/aromatic N) is 2. The van der Waals surface area contributed by atoms with Gasteiger partial charge < -0.3 is 10.2 Å². The highest BCUT2D eigenvalue weighted by molar-refractivity contribution is 5.78. The average Bonchev–Trinajstić information content (AvgIpc) is 2.26. The first-order valence-electron chi connectivity index (χ1n) is 4.49. The van der Waals surface area contributed by atoms with Crippen LogP contribution in [0.1, 0.15) is 22.8 Å². The second kappa shape index (κ2) is 4.59. The average molecular weight is 236 g/mol. The van der Waals surface area contributed by atoms with Crippen LogP contribution in [-0.4, -0.2) is 21.1 Å². The zero-order valence-corrected chi connectivity index (χ0v) is 8.75. The fraction of sp³-hybridized carbons (Fsp3) is 0.200. The summed E-state index contributed by atoms with van der Waals surface area (Å²) in [7, 11) is 0. The standard InChI is InChI=1S/C10H8N2O5/c1-5-2-3-6(4-11)7(8(5)12(16)17)9(13)10(14)15/h2-3,9,13H,1H3,(H,14,15). The summed E-state index contributed by atoms with van der Waals surface area (Å²) < 4.78 is 0. The lowest BCUT2D eigenvalue weighted by molar-refractivity contribution is -0.386. The smallest absolute Gasteiger partial charge is 0.337 e. The van der Waals surface area contributed by atoms with Crippen molar-refractivity contribution >= 4 is 11.7 Å². The minimum atomic E-state index is -2.09. The van der Waals surface area contributed by atoms with Gasteiger partial charge >= 0.3 is 5.97 Å². The van der Waals surface area contributed by atoms with Gasteiger partial charge in [0, 0.05) is 5.56 Å². The van der Waals surface area contributed by atoms with Gasteiger partial charge in [-0.1, -0.05) is 6.07 Å². The Bertz CT molecular complexity index is 532. The summed E-state index contributed by atoms with van der Waals surface area (Å²) in [5.74, 6) is -1.64. The predicted octanol–water partition coefficient (Wildman–Crippen LogP) is 0.893. The van der Waals surface area contributed by atoms with Crippen molar-refractivity contribution in [1.82, 2.24) is 0 Å². The van der Waals surface area contributed by atoms with Crippen LogP contribution >= 0.6 is 0 Å². The SMILES string of the molecule is Cc1ccc(C#N)c(C(O)C(=O)O)c1[N+](=O)[O-]. The van der Waals surface area contributed by atoms with Crippen molar-refractivity contribution in [2.45, 2.75) is 13.0 Å². The fourth-order valence-corrected chi connectivity index (χ4v) is 1.46. The van der Waals surface area contributed by atoms with Gasteiger partial charge in [0.25, 0.3) is 5.69 Å². The second-order valence-corrected chi connectivity index (χ2v) is 3.30. The maximum absolute atomic E-state index is 10.8. The number of aliphatic carboxylic acids is 1. The summed E-state index contributed by atoms with van der Waals surface area (Å²) in [4.78, 5) is 20.7. The van der Waals surface area contributed by atoms with E-state index in [4.69, 9.17) is 10.4 Å². The van der Waals surface area contributed by atoms with Gasteiger partial charge in [-0.2, -0.15) is 5.26 Å². The lowest BCUT2D eigenvalue weighted by Crippen LogP contribution is -2.15. The second-order valence-electron chi connectivity index (χ2n) is 3.30. The van der Waals surface area contributed by atoms with Crippen molar-refractivity contribution in [3.05, 3.63) is 38.9 Å². The Kier molecular flexibility index (Phi) is 3.40. The van der Waals surface area contributed by atoms with Crippen LogP contribution in [0.2, 0.25) is 0 Å². The van der Waals surface area contributed by atoms with E-state index in [-0.39, 0.29) is 11.1 Å². The van der Waals surface area contributed by atoms with E-state index in [9.17, 15) is 20.0 Å². The number of aryl methyl sites for hydroxylation is 1. The van der Waals surface area contributed by atoms with Crippen molar-refractivity contribution in [2.24, 2.45) is 0 Å². The molecule has 0 saturated heterocycles. The van der Waals surface area contributed by atoms with Crippen molar-refractivity contribution in [2.75, 3.05) is 0 Å². The first kappa shape index (κ1) is 12.6. The van der Waals surface area contributed by atoms with Gasteiger partial charge in [-0.3, -0.25) is 10.1 Å². The number of carboxylic acid groups (broad SMARTS) is 1. The third-order valence-corrected chi connectivity index (χ3v) is 2.23. The van der Waals surface area contributed by atoms with Gasteiger partial charge in [0.05, 0.1) is 22.1 Å². The van der Waals surface area contributed by atoms with Gasteiger partial charge in [-0.05, 0) is 13.0 Å². The lowest BCUT2D eigenvalue weighted by Gasteiger charge is -2.10. The van der Waals surface area contributed by atoms with E-state index in [1.807, 2.05) is 0 Å². The molecular formula is C10H8N2O5. The number of carbonyl (C=O) groups is 1. The number of nitro groups is 1. The Morgan fingerprint density at radius 1 is 1.59 bits per heavy atom. The molecule has 1 aromatic carbocycles. The molecule has 0 aromatic heterocycles. The summed E-state index contributed by atoms with van der Waals surface area (Å²) in [5.41, 5.74) is -1.06. The maximum Gasteiger partial charge on any atom is 0.337 e. The van der Waals surface area contributed by atoms with Crippen molar-refractivity contribution < 1.29 is 19.9 Å². The van der Waals surface area contributed by atoms with E-state index in [0.717, 1.165) is 0 Å². The van der Waals surface area contributed by atoms with Crippen LogP contribution in [0.4, 0.5) is 5.69 Å². The molecule has 0 fully saturated rings. The first-order chi connectivity index (χ1) is 7.90. The Morgan fingerprint density at radius 2 is 2.18 bits per heavy atom. The van der Waals surface area contributed by atoms with E-state index in [1.165, 1.54) is 19.1 Å². The zero-order chi connectivity index (χ0) is 13.2. The topological polar surface area (TPSA) is 124 Å². The molecule has 0 saturated carbocycles. The van der Waals surface area contributed by atoms with Crippen molar-refractivity contribution in [3.8, 4) is 6.07 Å². The number of nitro benzene ring substituents is 1. The predicted molar refractivity (Wildman–Crippen MR) is 55.1 cm³/mol. The van der Waals surface area contributed by atoms with Crippen LogP contribution in [0.25, 0.3) is 0 Å². The molecule has 1 atom stereocenters. The van der Waals surface area contributed by atoms with Crippen LogP contribution in [0.15, 0.2) is 12.1 Å². The number of hydrogen-bond donors (Lipinski definition) is 2. The molecule has 88 valence electrons. The molecule has 2 N–H and O–H groups in total. The number of aliphatic hydroxyl groups excluding tert-OH is 1. The van der Waals surface area contributed by atoms with Gasteiger partial charge in [0.2, 0.25) is 0 Å². The molecule has 1 unspecified atom stereocenters. The Labute approximate surface area is 95.7 Å². The highest BCUT2D eigenvalue weighted by Gasteiger charge is 2.30. The number of nitriles is 1. The van der Waals surface area contributed by atoms with Crippen LogP contribution in [0, 0.1) is 28.4 Å². The third-order valence-electron chi connectivity index (χ3n) is 2.23. The number of rotatable bonds is 3. The van der Waals surface area contributed by atoms with Crippen LogP contribution in [0.5, 0.6) is 0 Å². The van der Waals surface area contributed by atoms with Crippen molar-refractivity contribution in [3.63, 3.8) is 0 Å². The zero-order valence-electron chi connectivity index (χ0n) is 8.75. The third kappa shape index (κ3) is 2.21. The molecule has 0 aliphatic carbocycles. The number of aliphatic hydroxyl groups is 1. The molecular weight excluding hydrogens is 228 g/mol. The summed E-state index contributed by atoms with van der Waals surface area (Å²) >= 11 is 0. The molecule has 0 bridgehead atoms. The van der Waals surface area contributed by atoms with E-state index in [1.54, 1.807) is 6.07 Å². The molecule has 0 spiro atoms. The molecule has 17 heavy (non-hydrogen) atoms. The maximum atomic E-state index is 10.8. The monoisotopic (exact) mass is 236 g/mol. The van der Waals surface area contributed by atoms with E-state index < -0.39 is 28.2 Å². The van der Waals surface area contributed by atoms with Gasteiger partial charge in [0.1, 0.15) is 0 Å². The molecule has 7 nitrogen and oxygen atoms in total. The molecule has 0 aliphatic heterocycles. The summed E-state index contributed by atoms with van der Waals surface area (Å²) in [5, 5.41) is 37.7. The Balaban J connectivity index is 3.64. The first-order valence-corrected chi connectivity index (χ1v) is 4.49. The fourth-order valence-electron chi connectivity index (χ4n) is 1.46. The highest BCUT2D eigenvalue weighted by atomic mass is 16.6. The van der Waals surface area contributed by atoms with Crippen LogP contribution in [-0.2, 0) is 4.79 Å². The van der Waals surface area contributed by atoms with Gasteiger partial charge in [-0.15, -0.1) is 0 Å². The molecule has 0 aliphatic rings. The number of hydrogen-bond acceptors (Lipinski definition) is 5. The molecule has 1 aromatic rings. The van der Waals surface area contributed by atoms with Gasteiger partial charge in [-0.25, -0.2) is 4.79 Å². The summed E-state index contributed by atoms with van der Waals surface area (Å²) in [6.45, 7) is 1.40. The largest absolute Gasteiger partial charge is 0.479 e. The molecule has 0 amide bonds.